The lowest BCUT2D eigenvalue weighted by atomic mass is 9.88. The minimum atomic E-state index is -0.0912. The molecular formula is C28H25NOS. The average Bonchev–Trinajstić information content (AvgIpc) is 3.35. The van der Waals surface area contributed by atoms with Crippen LogP contribution in [0.1, 0.15) is 46.1 Å². The second kappa shape index (κ2) is 9.15. The topological polar surface area (TPSA) is 29.1 Å². The standard InChI is InChI=1S/C28H25NOS/c1-19(2)24-17-23(22-13-8-5-9-14-22)18-25(20(3)21-11-6-4-7-12-21)27(24)29-28(30)26-15-10-16-31-26/h4-19H,3H2,1-2H3,(H,29,30). The Morgan fingerprint density at radius 1 is 0.871 bits per heavy atom. The molecule has 0 atom stereocenters. The first-order chi connectivity index (χ1) is 15.0. The lowest BCUT2D eigenvalue weighted by Gasteiger charge is -2.22. The van der Waals surface area contributed by atoms with Crippen molar-refractivity contribution in [1.29, 1.82) is 0 Å². The van der Waals surface area contributed by atoms with Crippen molar-refractivity contribution in [3.05, 3.63) is 118 Å². The molecule has 0 bridgehead atoms. The number of nitrogens with one attached hydrogen (secondary N) is 1. The predicted octanol–water partition coefficient (Wildman–Crippen LogP) is 7.85. The maximum absolute atomic E-state index is 13.0. The largest absolute Gasteiger partial charge is 0.320 e. The van der Waals surface area contributed by atoms with Crippen molar-refractivity contribution in [2.24, 2.45) is 0 Å². The molecule has 4 aromatic rings. The van der Waals surface area contributed by atoms with Gasteiger partial charge in [-0.3, -0.25) is 4.79 Å². The molecule has 1 N–H and O–H groups in total. The van der Waals surface area contributed by atoms with Crippen LogP contribution in [0, 0.1) is 0 Å². The van der Waals surface area contributed by atoms with Gasteiger partial charge in [0, 0.05) is 5.56 Å². The van der Waals surface area contributed by atoms with Crippen molar-refractivity contribution in [1.82, 2.24) is 0 Å². The molecule has 154 valence electrons. The van der Waals surface area contributed by atoms with Gasteiger partial charge in [0.15, 0.2) is 0 Å². The van der Waals surface area contributed by atoms with Gasteiger partial charge in [-0.25, -0.2) is 0 Å². The third-order valence-corrected chi connectivity index (χ3v) is 6.20. The molecule has 0 spiro atoms. The lowest BCUT2D eigenvalue weighted by Crippen LogP contribution is -2.14. The molecule has 0 aliphatic heterocycles. The quantitative estimate of drug-likeness (QED) is 0.336. The molecular weight excluding hydrogens is 398 g/mol. The maximum atomic E-state index is 13.0. The fraction of sp³-hybridized carbons (Fsp3) is 0.107. The number of amides is 1. The van der Waals surface area contributed by atoms with E-state index in [0.29, 0.717) is 4.88 Å². The molecule has 3 aromatic carbocycles. The SMILES string of the molecule is C=C(c1ccccc1)c1cc(-c2ccccc2)cc(C(C)C)c1NC(=O)c1cccs1. The van der Waals surface area contributed by atoms with Gasteiger partial charge in [0.1, 0.15) is 0 Å². The van der Waals surface area contributed by atoms with Crippen molar-refractivity contribution in [3.63, 3.8) is 0 Å². The van der Waals surface area contributed by atoms with Gasteiger partial charge in [0.2, 0.25) is 0 Å². The van der Waals surface area contributed by atoms with Crippen LogP contribution in [-0.4, -0.2) is 5.91 Å². The van der Waals surface area contributed by atoms with Gasteiger partial charge in [0.05, 0.1) is 10.6 Å². The molecule has 31 heavy (non-hydrogen) atoms. The van der Waals surface area contributed by atoms with Crippen LogP contribution >= 0.6 is 11.3 Å². The van der Waals surface area contributed by atoms with E-state index in [4.69, 9.17) is 0 Å². The molecule has 1 amide bonds. The summed E-state index contributed by atoms with van der Waals surface area (Å²) in [5.74, 6) is 0.135. The van der Waals surface area contributed by atoms with E-state index in [1.165, 1.54) is 11.3 Å². The first-order valence-corrected chi connectivity index (χ1v) is 11.3. The monoisotopic (exact) mass is 423 g/mol. The fourth-order valence-electron chi connectivity index (χ4n) is 3.67. The number of thiophene rings is 1. The van der Waals surface area contributed by atoms with Crippen molar-refractivity contribution < 1.29 is 4.79 Å². The Hall–Kier alpha value is -3.43. The second-order valence-corrected chi connectivity index (χ2v) is 8.73. The highest BCUT2D eigenvalue weighted by Gasteiger charge is 2.20. The molecule has 3 heteroatoms. The Kier molecular flexibility index (Phi) is 6.15. The summed E-state index contributed by atoms with van der Waals surface area (Å²) in [4.78, 5) is 13.7. The Morgan fingerprint density at radius 3 is 2.16 bits per heavy atom. The molecule has 0 unspecified atom stereocenters. The van der Waals surface area contributed by atoms with Crippen molar-refractivity contribution in [2.75, 3.05) is 5.32 Å². The van der Waals surface area contributed by atoms with Crippen LogP contribution in [0.15, 0.2) is 96.9 Å². The van der Waals surface area contributed by atoms with Crippen LogP contribution < -0.4 is 5.32 Å². The van der Waals surface area contributed by atoms with E-state index in [2.05, 4.69) is 62.1 Å². The molecule has 0 saturated heterocycles. The van der Waals surface area contributed by atoms with E-state index in [1.807, 2.05) is 53.9 Å². The van der Waals surface area contributed by atoms with Gasteiger partial charge in [0.25, 0.3) is 5.91 Å². The summed E-state index contributed by atoms with van der Waals surface area (Å²) in [6.45, 7) is 8.72. The number of hydrogen-bond donors (Lipinski definition) is 1. The predicted molar refractivity (Wildman–Crippen MR) is 133 cm³/mol. The second-order valence-electron chi connectivity index (χ2n) is 7.78. The summed E-state index contributed by atoms with van der Waals surface area (Å²) < 4.78 is 0. The number of carbonyl (C=O) groups excluding carboxylic acids is 1. The van der Waals surface area contributed by atoms with Crippen LogP contribution in [-0.2, 0) is 0 Å². The summed E-state index contributed by atoms with van der Waals surface area (Å²) in [6.07, 6.45) is 0. The summed E-state index contributed by atoms with van der Waals surface area (Å²) in [5.41, 5.74) is 7.06. The molecule has 0 aliphatic carbocycles. The van der Waals surface area contributed by atoms with Crippen molar-refractivity contribution in [3.8, 4) is 11.1 Å². The van der Waals surface area contributed by atoms with E-state index in [0.717, 1.165) is 39.1 Å². The van der Waals surface area contributed by atoms with Crippen LogP contribution in [0.3, 0.4) is 0 Å². The molecule has 0 radical (unpaired) electrons. The molecule has 4 rings (SSSR count). The summed E-state index contributed by atoms with van der Waals surface area (Å²) in [6, 6.07) is 28.5. The van der Waals surface area contributed by atoms with E-state index < -0.39 is 0 Å². The number of hydrogen-bond acceptors (Lipinski definition) is 2. The molecule has 0 saturated carbocycles. The Labute approximate surface area is 187 Å². The Morgan fingerprint density at radius 2 is 1.55 bits per heavy atom. The van der Waals surface area contributed by atoms with Crippen molar-refractivity contribution >= 4 is 28.5 Å². The first-order valence-electron chi connectivity index (χ1n) is 10.4. The van der Waals surface area contributed by atoms with Crippen LogP contribution in [0.5, 0.6) is 0 Å². The van der Waals surface area contributed by atoms with Crippen LogP contribution in [0.2, 0.25) is 0 Å². The van der Waals surface area contributed by atoms with Crippen LogP contribution in [0.25, 0.3) is 16.7 Å². The minimum Gasteiger partial charge on any atom is -0.320 e. The molecule has 0 aliphatic rings. The highest BCUT2D eigenvalue weighted by molar-refractivity contribution is 7.12. The normalized spacial score (nSPS) is 10.8. The Balaban J connectivity index is 1.90. The zero-order valence-corrected chi connectivity index (χ0v) is 18.6. The molecule has 2 nitrogen and oxygen atoms in total. The fourth-order valence-corrected chi connectivity index (χ4v) is 4.29. The lowest BCUT2D eigenvalue weighted by molar-refractivity contribution is 0.103. The number of carbonyl (C=O) groups is 1. The van der Waals surface area contributed by atoms with Gasteiger partial charge >= 0.3 is 0 Å². The summed E-state index contributed by atoms with van der Waals surface area (Å²) in [7, 11) is 0. The van der Waals surface area contributed by atoms with Gasteiger partial charge in [-0.05, 0) is 57.3 Å². The molecule has 1 aromatic heterocycles. The Bertz CT molecular complexity index is 1190. The highest BCUT2D eigenvalue weighted by atomic mass is 32.1. The van der Waals surface area contributed by atoms with Gasteiger partial charge in [-0.1, -0.05) is 87.2 Å². The van der Waals surface area contributed by atoms with E-state index >= 15 is 0 Å². The number of rotatable bonds is 6. The zero-order valence-electron chi connectivity index (χ0n) is 17.8. The number of anilines is 1. The highest BCUT2D eigenvalue weighted by Crippen LogP contribution is 2.39. The summed E-state index contributed by atoms with van der Waals surface area (Å²) >= 11 is 1.44. The van der Waals surface area contributed by atoms with Gasteiger partial charge < -0.3 is 5.32 Å². The summed E-state index contributed by atoms with van der Waals surface area (Å²) in [5, 5.41) is 5.12. The first kappa shape index (κ1) is 20.8. The molecule has 0 fully saturated rings. The van der Waals surface area contributed by atoms with Gasteiger partial charge in [-0.2, -0.15) is 0 Å². The number of benzene rings is 3. The van der Waals surface area contributed by atoms with E-state index in [1.54, 1.807) is 0 Å². The van der Waals surface area contributed by atoms with E-state index in [9.17, 15) is 4.79 Å². The third-order valence-electron chi connectivity index (χ3n) is 5.33. The maximum Gasteiger partial charge on any atom is 0.265 e. The zero-order chi connectivity index (χ0) is 21.8. The smallest absolute Gasteiger partial charge is 0.265 e. The average molecular weight is 424 g/mol. The minimum absolute atomic E-state index is 0.0912. The third kappa shape index (κ3) is 4.52. The van der Waals surface area contributed by atoms with Gasteiger partial charge in [-0.15, -0.1) is 11.3 Å². The van der Waals surface area contributed by atoms with Crippen molar-refractivity contribution in [2.45, 2.75) is 19.8 Å². The molecule has 1 heterocycles. The van der Waals surface area contributed by atoms with Crippen LogP contribution in [0.4, 0.5) is 5.69 Å². The van der Waals surface area contributed by atoms with E-state index in [-0.39, 0.29) is 11.8 Å².